The molecule has 4 nitrogen and oxygen atoms in total. The number of pyridine rings is 1. The maximum atomic E-state index is 8.89. The molecule has 0 bridgehead atoms. The molecule has 0 aliphatic carbocycles. The molecule has 5 heteroatoms. The fourth-order valence-corrected chi connectivity index (χ4v) is 2.28. The molecular formula is C16H16ClN3O. The monoisotopic (exact) mass is 301 g/mol. The number of methoxy groups -OCH3 is 1. The molecule has 0 aliphatic rings. The van der Waals surface area contributed by atoms with Gasteiger partial charge in [0, 0.05) is 26.4 Å². The van der Waals surface area contributed by atoms with Gasteiger partial charge in [-0.1, -0.05) is 41.9 Å². The van der Waals surface area contributed by atoms with Gasteiger partial charge in [-0.3, -0.25) is 0 Å². The minimum Gasteiger partial charge on any atom is -0.383 e. The maximum Gasteiger partial charge on any atom is 0.147 e. The molecule has 108 valence electrons. The van der Waals surface area contributed by atoms with Crippen LogP contribution in [0.5, 0.6) is 0 Å². The highest BCUT2D eigenvalue weighted by molar-refractivity contribution is 6.33. The topological polar surface area (TPSA) is 49.1 Å². The molecule has 0 saturated carbocycles. The number of halogens is 1. The highest BCUT2D eigenvalue weighted by atomic mass is 35.5. The first-order chi connectivity index (χ1) is 10.2. The summed E-state index contributed by atoms with van der Waals surface area (Å²) in [6, 6.07) is 13.8. The van der Waals surface area contributed by atoms with E-state index in [0.29, 0.717) is 36.1 Å². The van der Waals surface area contributed by atoms with Gasteiger partial charge >= 0.3 is 0 Å². The third-order valence-electron chi connectivity index (χ3n) is 3.03. The molecular weight excluding hydrogens is 286 g/mol. The van der Waals surface area contributed by atoms with Crippen LogP contribution in [0, 0.1) is 11.3 Å². The van der Waals surface area contributed by atoms with Gasteiger partial charge in [-0.2, -0.15) is 5.26 Å². The summed E-state index contributed by atoms with van der Waals surface area (Å²) in [7, 11) is 1.66. The summed E-state index contributed by atoms with van der Waals surface area (Å²) < 4.78 is 5.15. The van der Waals surface area contributed by atoms with Crippen molar-refractivity contribution in [3.8, 4) is 6.07 Å². The lowest BCUT2D eigenvalue weighted by Crippen LogP contribution is -2.27. The van der Waals surface area contributed by atoms with Crippen molar-refractivity contribution in [2.24, 2.45) is 0 Å². The molecule has 1 heterocycles. The van der Waals surface area contributed by atoms with Crippen LogP contribution in [0.25, 0.3) is 0 Å². The summed E-state index contributed by atoms with van der Waals surface area (Å²) in [6.07, 6.45) is 1.53. The fourth-order valence-electron chi connectivity index (χ4n) is 1.99. The van der Waals surface area contributed by atoms with Gasteiger partial charge in [0.15, 0.2) is 0 Å². The minimum atomic E-state index is 0.454. The second-order valence-corrected chi connectivity index (χ2v) is 4.95. The van der Waals surface area contributed by atoms with Gasteiger partial charge in [-0.05, 0) is 11.6 Å². The number of ether oxygens (including phenoxy) is 1. The molecule has 0 saturated heterocycles. The first kappa shape index (κ1) is 15.3. The highest BCUT2D eigenvalue weighted by Gasteiger charge is 2.13. The minimum absolute atomic E-state index is 0.454. The average Bonchev–Trinajstić information content (AvgIpc) is 2.52. The zero-order valence-corrected chi connectivity index (χ0v) is 12.5. The van der Waals surface area contributed by atoms with Crippen LogP contribution in [0.15, 0.2) is 42.6 Å². The number of nitriles is 1. The van der Waals surface area contributed by atoms with Crippen molar-refractivity contribution < 1.29 is 4.74 Å². The van der Waals surface area contributed by atoms with Crippen LogP contribution in [0.1, 0.15) is 11.1 Å². The van der Waals surface area contributed by atoms with Gasteiger partial charge in [0.25, 0.3) is 0 Å². The lowest BCUT2D eigenvalue weighted by atomic mass is 10.2. The number of aromatic nitrogens is 1. The smallest absolute Gasteiger partial charge is 0.147 e. The van der Waals surface area contributed by atoms with Gasteiger partial charge in [0.1, 0.15) is 11.9 Å². The highest BCUT2D eigenvalue weighted by Crippen LogP contribution is 2.25. The number of anilines is 1. The Morgan fingerprint density at radius 2 is 2.10 bits per heavy atom. The summed E-state index contributed by atoms with van der Waals surface area (Å²) in [6.45, 7) is 1.93. The molecule has 0 aliphatic heterocycles. The molecule has 0 spiro atoms. The van der Waals surface area contributed by atoms with Crippen LogP contribution < -0.4 is 4.90 Å². The summed E-state index contributed by atoms with van der Waals surface area (Å²) >= 11 is 6.25. The number of hydrogen-bond donors (Lipinski definition) is 0. The van der Waals surface area contributed by atoms with Crippen LogP contribution in [-0.4, -0.2) is 25.2 Å². The second-order valence-electron chi connectivity index (χ2n) is 4.54. The Morgan fingerprint density at radius 1 is 1.33 bits per heavy atom. The summed E-state index contributed by atoms with van der Waals surface area (Å²) in [5, 5.41) is 9.36. The number of rotatable bonds is 6. The Hall–Kier alpha value is -2.09. The molecule has 0 amide bonds. The molecule has 2 rings (SSSR count). The van der Waals surface area contributed by atoms with E-state index in [2.05, 4.69) is 17.1 Å². The van der Waals surface area contributed by atoms with Crippen molar-refractivity contribution in [3.63, 3.8) is 0 Å². The van der Waals surface area contributed by atoms with Crippen LogP contribution in [0.4, 0.5) is 5.82 Å². The van der Waals surface area contributed by atoms with E-state index in [9.17, 15) is 0 Å². The van der Waals surface area contributed by atoms with Crippen molar-refractivity contribution in [1.82, 2.24) is 4.98 Å². The van der Waals surface area contributed by atoms with E-state index in [4.69, 9.17) is 21.6 Å². The van der Waals surface area contributed by atoms with Crippen LogP contribution in [0.2, 0.25) is 5.02 Å². The first-order valence-corrected chi connectivity index (χ1v) is 6.96. The summed E-state index contributed by atoms with van der Waals surface area (Å²) in [5.74, 6) is 0.663. The molecule has 0 N–H and O–H groups in total. The normalized spacial score (nSPS) is 10.1. The van der Waals surface area contributed by atoms with E-state index in [1.807, 2.05) is 29.2 Å². The Balaban J connectivity index is 2.25. The average molecular weight is 302 g/mol. The predicted molar refractivity (Wildman–Crippen MR) is 83.3 cm³/mol. The van der Waals surface area contributed by atoms with Gasteiger partial charge in [0.05, 0.1) is 17.2 Å². The van der Waals surface area contributed by atoms with E-state index in [-0.39, 0.29) is 0 Å². The number of benzene rings is 1. The molecule has 1 aromatic carbocycles. The zero-order valence-electron chi connectivity index (χ0n) is 11.8. The van der Waals surface area contributed by atoms with Crippen molar-refractivity contribution in [3.05, 3.63) is 58.7 Å². The standard InChI is InChI=1S/C16H16ClN3O/c1-21-8-7-20(12-13-5-3-2-4-6-13)16-15(17)9-14(10-18)11-19-16/h2-6,9,11H,7-8,12H2,1H3. The third-order valence-corrected chi connectivity index (χ3v) is 3.31. The fraction of sp³-hybridized carbons (Fsp3) is 0.250. The van der Waals surface area contributed by atoms with E-state index in [1.165, 1.54) is 6.20 Å². The lowest BCUT2D eigenvalue weighted by Gasteiger charge is -2.24. The molecule has 0 unspecified atom stereocenters. The van der Waals surface area contributed by atoms with Gasteiger partial charge < -0.3 is 9.64 Å². The van der Waals surface area contributed by atoms with Crippen LogP contribution in [0.3, 0.4) is 0 Å². The van der Waals surface area contributed by atoms with Crippen molar-refractivity contribution in [2.75, 3.05) is 25.2 Å². The van der Waals surface area contributed by atoms with Crippen LogP contribution >= 0.6 is 11.6 Å². The van der Waals surface area contributed by atoms with E-state index in [0.717, 1.165) is 5.56 Å². The van der Waals surface area contributed by atoms with Crippen molar-refractivity contribution >= 4 is 17.4 Å². The van der Waals surface area contributed by atoms with E-state index >= 15 is 0 Å². The second kappa shape index (κ2) is 7.63. The quantitative estimate of drug-likeness (QED) is 0.821. The van der Waals surface area contributed by atoms with E-state index in [1.54, 1.807) is 13.2 Å². The van der Waals surface area contributed by atoms with Crippen LogP contribution in [-0.2, 0) is 11.3 Å². The number of hydrogen-bond acceptors (Lipinski definition) is 4. The third kappa shape index (κ3) is 4.19. The molecule has 2 aromatic rings. The van der Waals surface area contributed by atoms with E-state index < -0.39 is 0 Å². The Bertz CT molecular complexity index is 625. The number of nitrogens with zero attached hydrogens (tertiary/aromatic N) is 3. The summed E-state index contributed by atoms with van der Waals surface area (Å²) in [5.41, 5.74) is 1.62. The predicted octanol–water partition coefficient (Wildman–Crippen LogP) is 3.26. The van der Waals surface area contributed by atoms with Gasteiger partial charge in [0.2, 0.25) is 0 Å². The SMILES string of the molecule is COCCN(Cc1ccccc1)c1ncc(C#N)cc1Cl. The Morgan fingerprint density at radius 3 is 2.71 bits per heavy atom. The molecule has 21 heavy (non-hydrogen) atoms. The maximum absolute atomic E-state index is 8.89. The molecule has 1 aromatic heterocycles. The largest absolute Gasteiger partial charge is 0.383 e. The lowest BCUT2D eigenvalue weighted by molar-refractivity contribution is 0.205. The summed E-state index contributed by atoms with van der Waals surface area (Å²) in [4.78, 5) is 6.36. The zero-order chi connectivity index (χ0) is 15.1. The Kier molecular flexibility index (Phi) is 5.56. The molecule has 0 radical (unpaired) electrons. The van der Waals surface area contributed by atoms with Crippen molar-refractivity contribution in [1.29, 1.82) is 5.26 Å². The van der Waals surface area contributed by atoms with Crippen molar-refractivity contribution in [2.45, 2.75) is 6.54 Å². The molecule has 0 atom stereocenters. The Labute approximate surface area is 129 Å². The molecule has 0 fully saturated rings. The van der Waals surface area contributed by atoms with Gasteiger partial charge in [-0.25, -0.2) is 4.98 Å². The van der Waals surface area contributed by atoms with Gasteiger partial charge in [-0.15, -0.1) is 0 Å². The first-order valence-electron chi connectivity index (χ1n) is 6.58.